The Bertz CT molecular complexity index is 892. The summed E-state index contributed by atoms with van der Waals surface area (Å²) in [5.74, 6) is 1.40. The minimum atomic E-state index is 0. The average molecular weight is 344 g/mol. The molecule has 0 saturated carbocycles. The molecule has 2 N–H and O–H groups in total. The van der Waals surface area contributed by atoms with Crippen molar-refractivity contribution in [1.29, 1.82) is 0 Å². The molecule has 25 heavy (non-hydrogen) atoms. The van der Waals surface area contributed by atoms with E-state index in [-0.39, 0.29) is 7.43 Å². The van der Waals surface area contributed by atoms with Crippen molar-refractivity contribution in [3.8, 4) is 0 Å². The highest BCUT2D eigenvalue weighted by atomic mass is 15.4. The molecule has 4 aromatic rings. The van der Waals surface area contributed by atoms with Gasteiger partial charge >= 0.3 is 0 Å². The van der Waals surface area contributed by atoms with Crippen molar-refractivity contribution in [3.05, 3.63) is 12.7 Å². The van der Waals surface area contributed by atoms with Crippen LogP contribution in [-0.4, -0.2) is 64.0 Å². The maximum Gasteiger partial charge on any atom is 0.183 e. The molecule has 0 aliphatic carbocycles. The molecule has 132 valence electrons. The van der Waals surface area contributed by atoms with Gasteiger partial charge in [0.2, 0.25) is 0 Å². The van der Waals surface area contributed by atoms with Gasteiger partial charge in [-0.05, 0) is 0 Å². The van der Waals surface area contributed by atoms with E-state index in [9.17, 15) is 0 Å². The van der Waals surface area contributed by atoms with Crippen LogP contribution in [0.1, 0.15) is 7.43 Å². The summed E-state index contributed by atoms with van der Waals surface area (Å²) < 4.78 is 3.22. The van der Waals surface area contributed by atoms with E-state index in [2.05, 4.69) is 51.2 Å². The molecule has 0 fully saturated rings. The summed E-state index contributed by atoms with van der Waals surface area (Å²) in [6.07, 6.45) is 2.97. The second kappa shape index (κ2) is 7.42. The van der Waals surface area contributed by atoms with E-state index < -0.39 is 0 Å². The van der Waals surface area contributed by atoms with Crippen molar-refractivity contribution >= 4 is 34.0 Å². The van der Waals surface area contributed by atoms with Gasteiger partial charge in [-0.3, -0.25) is 0 Å². The largest absolute Gasteiger partial charge is 0.371 e. The molecule has 4 aromatic heterocycles. The van der Waals surface area contributed by atoms with Gasteiger partial charge in [-0.15, -0.1) is 10.2 Å². The van der Waals surface area contributed by atoms with Crippen LogP contribution in [0.4, 0.5) is 11.6 Å². The van der Waals surface area contributed by atoms with Gasteiger partial charge in [0.25, 0.3) is 0 Å². The molecule has 4 heterocycles. The third kappa shape index (κ3) is 3.27. The van der Waals surface area contributed by atoms with Gasteiger partial charge in [0.1, 0.15) is 12.7 Å². The molecule has 0 amide bonds. The van der Waals surface area contributed by atoms with Crippen molar-refractivity contribution in [2.75, 3.05) is 24.7 Å². The van der Waals surface area contributed by atoms with Crippen molar-refractivity contribution < 1.29 is 0 Å². The summed E-state index contributed by atoms with van der Waals surface area (Å²) in [6, 6.07) is 0. The lowest BCUT2D eigenvalue weighted by Crippen LogP contribution is -1.96. The first kappa shape index (κ1) is 17.9. The second-order valence-corrected chi connectivity index (χ2v) is 4.72. The molecule has 0 radical (unpaired) electrons. The SMILES string of the molecule is C.CNc1ncnc2c1nnn2C.CNc1ncnc2c1nnn2C. The molecule has 0 aliphatic heterocycles. The van der Waals surface area contributed by atoms with Gasteiger partial charge < -0.3 is 10.6 Å². The molecule has 12 heteroatoms. The topological polar surface area (TPSA) is 137 Å². The van der Waals surface area contributed by atoms with E-state index >= 15 is 0 Å². The molecule has 0 atom stereocenters. The number of nitrogens with one attached hydrogen (secondary N) is 2. The van der Waals surface area contributed by atoms with Crippen LogP contribution in [0, 0.1) is 0 Å². The molecule has 0 spiro atoms. The van der Waals surface area contributed by atoms with Crippen LogP contribution in [0.25, 0.3) is 22.3 Å². The van der Waals surface area contributed by atoms with E-state index in [1.807, 2.05) is 0 Å². The first-order chi connectivity index (χ1) is 11.7. The number of aryl methyl sites for hydroxylation is 2. The highest BCUT2D eigenvalue weighted by Gasteiger charge is 2.07. The third-order valence-electron chi connectivity index (χ3n) is 3.25. The van der Waals surface area contributed by atoms with E-state index in [1.54, 1.807) is 37.6 Å². The number of hydrogen-bond donors (Lipinski definition) is 2. The fourth-order valence-corrected chi connectivity index (χ4v) is 2.07. The highest BCUT2D eigenvalue weighted by molar-refractivity contribution is 5.82. The fourth-order valence-electron chi connectivity index (χ4n) is 2.07. The number of nitrogens with zero attached hydrogens (tertiary/aromatic N) is 10. The number of aromatic nitrogens is 10. The van der Waals surface area contributed by atoms with Crippen LogP contribution >= 0.6 is 0 Å². The maximum atomic E-state index is 4.04. The first-order valence-corrected chi connectivity index (χ1v) is 7.02. The Morgan fingerprint density at radius 1 is 0.720 bits per heavy atom. The zero-order valence-electron chi connectivity index (χ0n) is 13.6. The Balaban J connectivity index is 0.000000173. The molecule has 0 aromatic carbocycles. The van der Waals surface area contributed by atoms with Crippen LogP contribution in [-0.2, 0) is 14.1 Å². The van der Waals surface area contributed by atoms with Gasteiger partial charge in [0.05, 0.1) is 0 Å². The summed E-state index contributed by atoms with van der Waals surface area (Å²) in [5.41, 5.74) is 2.86. The van der Waals surface area contributed by atoms with Crippen LogP contribution < -0.4 is 10.6 Å². The molecule has 12 nitrogen and oxygen atoms in total. The zero-order valence-corrected chi connectivity index (χ0v) is 13.6. The van der Waals surface area contributed by atoms with Gasteiger partial charge in [0.15, 0.2) is 34.0 Å². The van der Waals surface area contributed by atoms with Gasteiger partial charge in [-0.2, -0.15) is 0 Å². The summed E-state index contributed by atoms with van der Waals surface area (Å²) in [7, 11) is 7.16. The Morgan fingerprint density at radius 3 is 1.48 bits per heavy atom. The molecule has 0 saturated heterocycles. The molecule has 0 unspecified atom stereocenters. The monoisotopic (exact) mass is 344 g/mol. The van der Waals surface area contributed by atoms with Gasteiger partial charge in [-0.1, -0.05) is 17.9 Å². The Hall–Kier alpha value is -3.44. The molecule has 4 rings (SSSR count). The van der Waals surface area contributed by atoms with Crippen molar-refractivity contribution in [1.82, 2.24) is 49.9 Å². The summed E-state index contributed by atoms with van der Waals surface area (Å²) in [4.78, 5) is 16.1. The van der Waals surface area contributed by atoms with Gasteiger partial charge in [0, 0.05) is 28.2 Å². The molecular formula is C13H20N12. The van der Waals surface area contributed by atoms with Crippen LogP contribution in [0.15, 0.2) is 12.7 Å². The summed E-state index contributed by atoms with van der Waals surface area (Å²) in [6.45, 7) is 0. The Labute approximate surface area is 143 Å². The zero-order chi connectivity index (χ0) is 17.1. The van der Waals surface area contributed by atoms with Crippen LogP contribution in [0.3, 0.4) is 0 Å². The number of anilines is 2. The molecule has 0 aliphatic rings. The van der Waals surface area contributed by atoms with E-state index in [0.29, 0.717) is 22.7 Å². The van der Waals surface area contributed by atoms with Crippen molar-refractivity contribution in [2.24, 2.45) is 14.1 Å². The normalized spacial score (nSPS) is 10.1. The number of fused-ring (bicyclic) bond motifs is 2. The quantitative estimate of drug-likeness (QED) is 0.520. The minimum Gasteiger partial charge on any atom is -0.371 e. The minimum absolute atomic E-state index is 0. The maximum absolute atomic E-state index is 4.04. The fraction of sp³-hybridized carbons (Fsp3) is 0.385. The van der Waals surface area contributed by atoms with E-state index in [4.69, 9.17) is 0 Å². The van der Waals surface area contributed by atoms with Gasteiger partial charge in [-0.25, -0.2) is 29.3 Å². The van der Waals surface area contributed by atoms with E-state index in [0.717, 1.165) is 11.3 Å². The van der Waals surface area contributed by atoms with Crippen molar-refractivity contribution in [3.63, 3.8) is 0 Å². The Kier molecular flexibility index (Phi) is 5.31. The lowest BCUT2D eigenvalue weighted by atomic mass is 10.5. The predicted molar refractivity (Wildman–Crippen MR) is 94.0 cm³/mol. The molecule has 0 bridgehead atoms. The highest BCUT2D eigenvalue weighted by Crippen LogP contribution is 2.14. The second-order valence-electron chi connectivity index (χ2n) is 4.72. The lowest BCUT2D eigenvalue weighted by molar-refractivity contribution is 0.729. The summed E-state index contributed by atoms with van der Waals surface area (Å²) >= 11 is 0. The standard InChI is InChI=1S/2C6H8N6.CH4/c2*1-7-5-4-6(9-3-8-5)12(2)11-10-4;/h2*3H,1-2H3,(H,7,8,9);1H4. The van der Waals surface area contributed by atoms with Crippen molar-refractivity contribution in [2.45, 2.75) is 7.43 Å². The average Bonchev–Trinajstić information content (AvgIpc) is 3.19. The smallest absolute Gasteiger partial charge is 0.183 e. The summed E-state index contributed by atoms with van der Waals surface area (Å²) in [5, 5.41) is 21.3. The first-order valence-electron chi connectivity index (χ1n) is 7.02. The predicted octanol–water partition coefficient (Wildman–Crippen LogP) is 0.236. The number of hydrogen-bond acceptors (Lipinski definition) is 10. The number of rotatable bonds is 2. The van der Waals surface area contributed by atoms with E-state index in [1.165, 1.54) is 12.7 Å². The van der Waals surface area contributed by atoms with Crippen LogP contribution in [0.2, 0.25) is 0 Å². The third-order valence-corrected chi connectivity index (χ3v) is 3.25. The lowest BCUT2D eigenvalue weighted by Gasteiger charge is -1.96. The van der Waals surface area contributed by atoms with Crippen LogP contribution in [0.5, 0.6) is 0 Å². The Morgan fingerprint density at radius 2 is 1.12 bits per heavy atom. The molecular weight excluding hydrogens is 324 g/mol.